The maximum atomic E-state index is 12.6. The van der Waals surface area contributed by atoms with Crippen LogP contribution < -0.4 is 5.73 Å². The van der Waals surface area contributed by atoms with Gasteiger partial charge in [-0.15, -0.1) is 23.7 Å². The second-order valence-corrected chi connectivity index (χ2v) is 8.07. The van der Waals surface area contributed by atoms with Crippen LogP contribution in [0.25, 0.3) is 0 Å². The van der Waals surface area contributed by atoms with Crippen molar-refractivity contribution in [1.82, 2.24) is 9.88 Å². The average molecular weight is 415 g/mol. The van der Waals surface area contributed by atoms with Crippen LogP contribution in [0.3, 0.4) is 0 Å². The predicted octanol–water partition coefficient (Wildman–Crippen LogP) is 3.50. The number of rotatable bonds is 4. The van der Waals surface area contributed by atoms with Gasteiger partial charge in [-0.3, -0.25) is 14.9 Å². The SMILES string of the molecule is Cc1csc(Sc2ccc(C(=O)N3CCC(N)CC3)cc2[N+](=O)[O-])n1.Cl. The Morgan fingerprint density at radius 3 is 2.69 bits per heavy atom. The molecule has 0 saturated carbocycles. The first-order chi connectivity index (χ1) is 11.9. The number of nitro groups is 1. The highest BCUT2D eigenvalue weighted by molar-refractivity contribution is 8.01. The molecule has 10 heteroatoms. The van der Waals surface area contributed by atoms with Gasteiger partial charge in [0.05, 0.1) is 9.82 Å². The Labute approximate surface area is 165 Å². The number of amides is 1. The fourth-order valence-electron chi connectivity index (χ4n) is 2.64. The summed E-state index contributed by atoms with van der Waals surface area (Å²) in [5.74, 6) is -0.184. The Morgan fingerprint density at radius 2 is 2.12 bits per heavy atom. The minimum absolute atomic E-state index is 0. The Bertz CT molecular complexity index is 807. The molecule has 0 unspecified atom stereocenters. The van der Waals surface area contributed by atoms with E-state index in [-0.39, 0.29) is 30.0 Å². The first-order valence-corrected chi connectivity index (χ1v) is 9.57. The van der Waals surface area contributed by atoms with Crippen LogP contribution in [0.5, 0.6) is 0 Å². The smallest absolute Gasteiger partial charge is 0.284 e. The third-order valence-electron chi connectivity index (χ3n) is 4.02. The summed E-state index contributed by atoms with van der Waals surface area (Å²) in [4.78, 5) is 30.1. The summed E-state index contributed by atoms with van der Waals surface area (Å²) in [7, 11) is 0. The number of thiazole rings is 1. The van der Waals surface area contributed by atoms with Crippen molar-refractivity contribution in [1.29, 1.82) is 0 Å². The van der Waals surface area contributed by atoms with E-state index in [2.05, 4.69) is 4.98 Å². The third kappa shape index (κ3) is 4.73. The molecule has 1 aromatic carbocycles. The van der Waals surface area contributed by atoms with Gasteiger partial charge in [-0.25, -0.2) is 4.98 Å². The lowest BCUT2D eigenvalue weighted by atomic mass is 10.0. The number of benzene rings is 1. The van der Waals surface area contributed by atoms with E-state index < -0.39 is 4.92 Å². The standard InChI is InChI=1S/C16H18N4O3S2.ClH/c1-10-9-24-16(18-10)25-14-3-2-11(8-13(14)20(22)23)15(21)19-6-4-12(17)5-7-19;/h2-3,8-9,12H,4-7,17H2,1H3;1H. The van der Waals surface area contributed by atoms with Gasteiger partial charge in [0.2, 0.25) is 0 Å². The molecule has 2 heterocycles. The molecule has 3 rings (SSSR count). The second kappa shape index (κ2) is 8.81. The van der Waals surface area contributed by atoms with Crippen molar-refractivity contribution >= 4 is 47.1 Å². The van der Waals surface area contributed by atoms with Gasteiger partial charge in [-0.1, -0.05) is 11.8 Å². The molecule has 0 aliphatic carbocycles. The van der Waals surface area contributed by atoms with Crippen LogP contribution in [0.15, 0.2) is 32.8 Å². The molecule has 1 aliphatic heterocycles. The van der Waals surface area contributed by atoms with Gasteiger partial charge in [-0.05, 0) is 31.9 Å². The van der Waals surface area contributed by atoms with Gasteiger partial charge in [0.1, 0.15) is 0 Å². The van der Waals surface area contributed by atoms with E-state index in [1.54, 1.807) is 17.0 Å². The molecular weight excluding hydrogens is 396 g/mol. The summed E-state index contributed by atoms with van der Waals surface area (Å²) in [6.07, 6.45) is 1.51. The number of hydrogen-bond acceptors (Lipinski definition) is 7. The van der Waals surface area contributed by atoms with E-state index in [1.165, 1.54) is 29.2 Å². The van der Waals surface area contributed by atoms with Gasteiger partial charge >= 0.3 is 0 Å². The molecule has 1 saturated heterocycles. The summed E-state index contributed by atoms with van der Waals surface area (Å²) in [5, 5.41) is 13.3. The van der Waals surface area contributed by atoms with Crippen LogP contribution in [0.4, 0.5) is 5.69 Å². The molecule has 26 heavy (non-hydrogen) atoms. The molecule has 1 fully saturated rings. The lowest BCUT2D eigenvalue weighted by Gasteiger charge is -2.30. The monoisotopic (exact) mass is 414 g/mol. The molecular formula is C16H19ClN4O3S2. The van der Waals surface area contributed by atoms with Gasteiger partial charge in [0, 0.05) is 41.8 Å². The number of aryl methyl sites for hydroxylation is 1. The van der Waals surface area contributed by atoms with E-state index in [1.807, 2.05) is 12.3 Å². The molecule has 7 nitrogen and oxygen atoms in total. The van der Waals surface area contributed by atoms with Crippen LogP contribution >= 0.6 is 35.5 Å². The number of likely N-dealkylation sites (tertiary alicyclic amines) is 1. The molecule has 2 N–H and O–H groups in total. The lowest BCUT2D eigenvalue weighted by molar-refractivity contribution is -0.387. The van der Waals surface area contributed by atoms with Crippen LogP contribution in [-0.4, -0.2) is 39.8 Å². The summed E-state index contributed by atoms with van der Waals surface area (Å²) >= 11 is 2.68. The Morgan fingerprint density at radius 1 is 1.42 bits per heavy atom. The van der Waals surface area contributed by atoms with Gasteiger partial charge in [0.25, 0.3) is 11.6 Å². The Hall–Kier alpha value is -1.68. The van der Waals surface area contributed by atoms with Crippen LogP contribution in [-0.2, 0) is 0 Å². The van der Waals surface area contributed by atoms with Crippen molar-refractivity contribution in [3.8, 4) is 0 Å². The van der Waals surface area contributed by atoms with E-state index in [0.717, 1.165) is 22.9 Å². The number of nitrogens with two attached hydrogens (primary N) is 1. The molecule has 1 aliphatic rings. The minimum atomic E-state index is -0.453. The number of carbonyl (C=O) groups excluding carboxylic acids is 1. The highest BCUT2D eigenvalue weighted by Gasteiger charge is 2.25. The number of nitrogens with zero attached hydrogens (tertiary/aromatic N) is 3. The zero-order valence-corrected chi connectivity index (χ0v) is 16.5. The second-order valence-electron chi connectivity index (χ2n) is 5.93. The Balaban J connectivity index is 0.00000243. The average Bonchev–Trinajstić information content (AvgIpc) is 3.00. The Kier molecular flexibility index (Phi) is 6.99. The number of hydrogen-bond donors (Lipinski definition) is 1. The third-order valence-corrected chi connectivity index (χ3v) is 6.15. The first-order valence-electron chi connectivity index (χ1n) is 7.87. The highest BCUT2D eigenvalue weighted by atomic mass is 35.5. The predicted molar refractivity (Wildman–Crippen MR) is 104 cm³/mol. The van der Waals surface area contributed by atoms with Crippen LogP contribution in [0.2, 0.25) is 0 Å². The van der Waals surface area contributed by atoms with Crippen molar-refractivity contribution in [2.24, 2.45) is 5.73 Å². The molecule has 1 aromatic heterocycles. The van der Waals surface area contributed by atoms with Crippen molar-refractivity contribution in [2.75, 3.05) is 13.1 Å². The van der Waals surface area contributed by atoms with Gasteiger partial charge < -0.3 is 10.6 Å². The molecule has 1 amide bonds. The molecule has 0 spiro atoms. The zero-order valence-electron chi connectivity index (χ0n) is 14.1. The quantitative estimate of drug-likeness (QED) is 0.606. The summed E-state index contributed by atoms with van der Waals surface area (Å²) in [5.41, 5.74) is 7.00. The number of aromatic nitrogens is 1. The largest absolute Gasteiger partial charge is 0.339 e. The fraction of sp³-hybridized carbons (Fsp3) is 0.375. The minimum Gasteiger partial charge on any atom is -0.339 e. The summed E-state index contributed by atoms with van der Waals surface area (Å²) < 4.78 is 0.740. The van der Waals surface area contributed by atoms with Crippen molar-refractivity contribution < 1.29 is 9.72 Å². The van der Waals surface area contributed by atoms with Crippen molar-refractivity contribution in [3.05, 3.63) is 45.0 Å². The number of nitro benzene ring substituents is 1. The van der Waals surface area contributed by atoms with Crippen LogP contribution in [0, 0.1) is 17.0 Å². The fourth-order valence-corrected chi connectivity index (χ4v) is 4.52. The first kappa shape index (κ1) is 20.6. The maximum Gasteiger partial charge on any atom is 0.284 e. The topological polar surface area (TPSA) is 102 Å². The van der Waals surface area contributed by atoms with E-state index >= 15 is 0 Å². The van der Waals surface area contributed by atoms with Crippen molar-refractivity contribution in [3.63, 3.8) is 0 Å². The van der Waals surface area contributed by atoms with Crippen LogP contribution in [0.1, 0.15) is 28.9 Å². The van der Waals surface area contributed by atoms with E-state index in [9.17, 15) is 14.9 Å². The highest BCUT2D eigenvalue weighted by Crippen LogP contribution is 2.37. The van der Waals surface area contributed by atoms with Crippen molar-refractivity contribution in [2.45, 2.75) is 35.0 Å². The number of piperidine rings is 1. The van der Waals surface area contributed by atoms with Gasteiger partial charge in [-0.2, -0.15) is 0 Å². The van der Waals surface area contributed by atoms with E-state index in [4.69, 9.17) is 5.73 Å². The molecule has 0 bridgehead atoms. The number of halogens is 1. The molecule has 140 valence electrons. The van der Waals surface area contributed by atoms with E-state index in [0.29, 0.717) is 23.5 Å². The van der Waals surface area contributed by atoms with Gasteiger partial charge in [0.15, 0.2) is 4.34 Å². The lowest BCUT2D eigenvalue weighted by Crippen LogP contribution is -2.42. The maximum absolute atomic E-state index is 12.6. The molecule has 2 aromatic rings. The number of carbonyl (C=O) groups is 1. The molecule has 0 atom stereocenters. The molecule has 0 radical (unpaired) electrons. The normalized spacial score (nSPS) is 14.8. The summed E-state index contributed by atoms with van der Waals surface area (Å²) in [6.45, 7) is 3.05. The summed E-state index contributed by atoms with van der Waals surface area (Å²) in [6, 6.07) is 4.76. The zero-order chi connectivity index (χ0) is 18.0.